The maximum Gasteiger partial charge on any atom is 0.407 e. The molecule has 0 radical (unpaired) electrons. The molecule has 176 valence electrons. The van der Waals surface area contributed by atoms with Gasteiger partial charge in [0.15, 0.2) is 0 Å². The molecule has 0 aromatic heterocycles. The monoisotopic (exact) mass is 456 g/mol. The number of carbonyl (C=O) groups is 2. The first-order chi connectivity index (χ1) is 16.2. The van der Waals surface area contributed by atoms with E-state index >= 15 is 0 Å². The number of carbonyl (C=O) groups excluding carboxylic acids is 2. The molecule has 0 saturated carbocycles. The highest BCUT2D eigenvalue weighted by Gasteiger charge is 2.29. The minimum Gasteiger partial charge on any atom is -0.449 e. The van der Waals surface area contributed by atoms with Crippen LogP contribution >= 0.6 is 0 Å². The van der Waals surface area contributed by atoms with Crippen LogP contribution in [0.1, 0.15) is 55.4 Å². The lowest BCUT2D eigenvalue weighted by molar-refractivity contribution is -0.118. The molecule has 3 aromatic carbocycles. The Morgan fingerprint density at radius 2 is 1.47 bits per heavy atom. The molecule has 0 heterocycles. The molecule has 0 fully saturated rings. The second-order valence-corrected chi connectivity index (χ2v) is 9.99. The van der Waals surface area contributed by atoms with Crippen molar-refractivity contribution in [1.29, 1.82) is 0 Å². The van der Waals surface area contributed by atoms with Crippen LogP contribution in [0.25, 0.3) is 11.1 Å². The summed E-state index contributed by atoms with van der Waals surface area (Å²) in [5.74, 6) is -0.479. The summed E-state index contributed by atoms with van der Waals surface area (Å²) in [5, 5.41) is 2.85. The van der Waals surface area contributed by atoms with Crippen molar-refractivity contribution in [2.45, 2.75) is 51.0 Å². The molecule has 0 aliphatic heterocycles. The molecule has 0 saturated heterocycles. The second-order valence-electron chi connectivity index (χ2n) is 9.99. The lowest BCUT2D eigenvalue weighted by atomic mass is 9.86. The summed E-state index contributed by atoms with van der Waals surface area (Å²) < 4.78 is 5.65. The Labute approximate surface area is 201 Å². The number of nitrogens with two attached hydrogens (primary N) is 1. The number of primary amides is 1. The molecule has 3 N–H and O–H groups in total. The first kappa shape index (κ1) is 23.6. The van der Waals surface area contributed by atoms with Crippen LogP contribution in [0.4, 0.5) is 4.79 Å². The van der Waals surface area contributed by atoms with Gasteiger partial charge < -0.3 is 15.8 Å². The van der Waals surface area contributed by atoms with Crippen molar-refractivity contribution < 1.29 is 14.3 Å². The molecule has 5 nitrogen and oxygen atoms in total. The first-order valence-electron chi connectivity index (χ1n) is 11.7. The standard InChI is InChI=1S/C29H32N2O3/c1-29(2,3)20-14-12-19(13-15-20)16-21(17-27(30)32)31-28(33)34-18-26-24-10-6-4-8-22(24)23-9-5-7-11-25(23)26/h4-15,21,26H,16-18H2,1-3H3,(H2,30,32)(H,31,33)/t21-/m1/s1. The number of nitrogens with one attached hydrogen (secondary N) is 1. The number of hydrogen-bond acceptors (Lipinski definition) is 3. The van der Waals surface area contributed by atoms with E-state index in [2.05, 4.69) is 62.5 Å². The first-order valence-corrected chi connectivity index (χ1v) is 11.7. The Morgan fingerprint density at radius 1 is 0.912 bits per heavy atom. The van der Waals surface area contributed by atoms with Crippen molar-refractivity contribution in [2.24, 2.45) is 5.73 Å². The van der Waals surface area contributed by atoms with Crippen LogP contribution in [0.15, 0.2) is 72.8 Å². The van der Waals surface area contributed by atoms with Gasteiger partial charge in [-0.2, -0.15) is 0 Å². The molecule has 0 unspecified atom stereocenters. The maximum atomic E-state index is 12.7. The van der Waals surface area contributed by atoms with Gasteiger partial charge in [0.05, 0.1) is 0 Å². The third-order valence-electron chi connectivity index (χ3n) is 6.42. The topological polar surface area (TPSA) is 81.4 Å². The van der Waals surface area contributed by atoms with Crippen molar-refractivity contribution >= 4 is 12.0 Å². The summed E-state index contributed by atoms with van der Waals surface area (Å²) in [4.78, 5) is 24.3. The fraction of sp³-hybridized carbons (Fsp3) is 0.310. The zero-order valence-corrected chi connectivity index (χ0v) is 20.0. The number of amides is 2. The highest BCUT2D eigenvalue weighted by Crippen LogP contribution is 2.44. The Kier molecular flexibility index (Phi) is 6.73. The van der Waals surface area contributed by atoms with Gasteiger partial charge in [-0.25, -0.2) is 4.79 Å². The third kappa shape index (κ3) is 5.30. The number of rotatable bonds is 7. The number of alkyl carbamates (subject to hydrolysis) is 1. The van der Waals surface area contributed by atoms with Gasteiger partial charge in [-0.1, -0.05) is 93.6 Å². The summed E-state index contributed by atoms with van der Waals surface area (Å²) in [5.41, 5.74) is 12.4. The van der Waals surface area contributed by atoms with Gasteiger partial charge in [-0.05, 0) is 45.2 Å². The summed E-state index contributed by atoms with van der Waals surface area (Å²) in [6, 6.07) is 24.2. The molecular weight excluding hydrogens is 424 g/mol. The van der Waals surface area contributed by atoms with Gasteiger partial charge in [0.1, 0.15) is 6.61 Å². The smallest absolute Gasteiger partial charge is 0.407 e. The SMILES string of the molecule is CC(C)(C)c1ccc(C[C@H](CC(N)=O)NC(=O)OCC2c3ccccc3-c3ccccc32)cc1. The fourth-order valence-electron chi connectivity index (χ4n) is 4.65. The van der Waals surface area contributed by atoms with Crippen LogP contribution in [0, 0.1) is 0 Å². The van der Waals surface area contributed by atoms with Gasteiger partial charge in [-0.3, -0.25) is 4.79 Å². The van der Waals surface area contributed by atoms with Crippen molar-refractivity contribution in [3.8, 4) is 11.1 Å². The predicted octanol–water partition coefficient (Wildman–Crippen LogP) is 5.31. The molecule has 2 amide bonds. The molecule has 1 atom stereocenters. The predicted molar refractivity (Wildman–Crippen MR) is 135 cm³/mol. The zero-order valence-electron chi connectivity index (χ0n) is 20.0. The van der Waals surface area contributed by atoms with Gasteiger partial charge in [-0.15, -0.1) is 0 Å². The minimum absolute atomic E-state index is 0.0160. The van der Waals surface area contributed by atoms with Gasteiger partial charge in [0.25, 0.3) is 0 Å². The molecule has 1 aliphatic rings. The average Bonchev–Trinajstić information content (AvgIpc) is 3.11. The molecule has 3 aromatic rings. The number of ether oxygens (including phenoxy) is 1. The Balaban J connectivity index is 1.41. The normalized spacial score (nSPS) is 13.6. The molecule has 34 heavy (non-hydrogen) atoms. The number of hydrogen-bond donors (Lipinski definition) is 2. The molecule has 0 spiro atoms. The fourth-order valence-corrected chi connectivity index (χ4v) is 4.65. The number of fused-ring (bicyclic) bond motifs is 3. The largest absolute Gasteiger partial charge is 0.449 e. The summed E-state index contributed by atoms with van der Waals surface area (Å²) in [6.07, 6.45) is 0.00222. The quantitative estimate of drug-likeness (QED) is 0.506. The van der Waals surface area contributed by atoms with Gasteiger partial charge in [0.2, 0.25) is 5.91 Å². The summed E-state index contributed by atoms with van der Waals surface area (Å²) in [7, 11) is 0. The summed E-state index contributed by atoms with van der Waals surface area (Å²) in [6.45, 7) is 6.72. The zero-order chi connectivity index (χ0) is 24.3. The van der Waals surface area contributed by atoms with E-state index in [1.54, 1.807) is 0 Å². The van der Waals surface area contributed by atoms with Crippen molar-refractivity contribution in [1.82, 2.24) is 5.32 Å². The Morgan fingerprint density at radius 3 is 2.00 bits per heavy atom. The van der Waals surface area contributed by atoms with E-state index < -0.39 is 18.0 Å². The highest BCUT2D eigenvalue weighted by molar-refractivity contribution is 5.79. The van der Waals surface area contributed by atoms with Crippen molar-refractivity contribution in [3.63, 3.8) is 0 Å². The lowest BCUT2D eigenvalue weighted by Crippen LogP contribution is -2.40. The van der Waals surface area contributed by atoms with Crippen molar-refractivity contribution in [2.75, 3.05) is 6.61 Å². The van der Waals surface area contributed by atoms with Crippen LogP contribution in [0.2, 0.25) is 0 Å². The second kappa shape index (κ2) is 9.72. The van der Waals surface area contributed by atoms with Crippen LogP contribution in [0.5, 0.6) is 0 Å². The van der Waals surface area contributed by atoms with E-state index in [0.29, 0.717) is 6.42 Å². The van der Waals surface area contributed by atoms with Crippen LogP contribution in [-0.2, 0) is 21.4 Å². The average molecular weight is 457 g/mol. The van der Waals surface area contributed by atoms with E-state index in [1.807, 2.05) is 36.4 Å². The van der Waals surface area contributed by atoms with Crippen LogP contribution in [-0.4, -0.2) is 24.6 Å². The lowest BCUT2D eigenvalue weighted by Gasteiger charge is -2.21. The van der Waals surface area contributed by atoms with Crippen molar-refractivity contribution in [3.05, 3.63) is 95.1 Å². The Bertz CT molecular complexity index is 1130. The third-order valence-corrected chi connectivity index (χ3v) is 6.42. The maximum absolute atomic E-state index is 12.7. The Hall–Kier alpha value is -3.60. The summed E-state index contributed by atoms with van der Waals surface area (Å²) >= 11 is 0. The van der Waals surface area contributed by atoms with Gasteiger partial charge in [0, 0.05) is 18.4 Å². The van der Waals surface area contributed by atoms with E-state index in [1.165, 1.54) is 16.7 Å². The van der Waals surface area contributed by atoms with E-state index in [9.17, 15) is 9.59 Å². The van der Waals surface area contributed by atoms with Gasteiger partial charge >= 0.3 is 6.09 Å². The molecule has 0 bridgehead atoms. The minimum atomic E-state index is -0.542. The van der Waals surface area contributed by atoms with E-state index in [-0.39, 0.29) is 24.4 Å². The molecular formula is C29H32N2O3. The molecule has 5 heteroatoms. The molecule has 4 rings (SSSR count). The van der Waals surface area contributed by atoms with E-state index in [4.69, 9.17) is 10.5 Å². The number of benzene rings is 3. The van der Waals surface area contributed by atoms with E-state index in [0.717, 1.165) is 16.7 Å². The van der Waals surface area contributed by atoms with Crippen LogP contribution in [0.3, 0.4) is 0 Å². The van der Waals surface area contributed by atoms with Crippen LogP contribution < -0.4 is 11.1 Å². The highest BCUT2D eigenvalue weighted by atomic mass is 16.5. The molecule has 1 aliphatic carbocycles.